The second-order valence-electron chi connectivity index (χ2n) is 5.98. The van der Waals surface area contributed by atoms with Crippen LogP contribution in [0.4, 0.5) is 0 Å². The largest absolute Gasteiger partial charge is 0.489 e. The first-order chi connectivity index (χ1) is 13.6. The second-order valence-corrected chi connectivity index (χ2v) is 6.42. The molecule has 142 valence electrons. The highest BCUT2D eigenvalue weighted by atomic mass is 35.5. The van der Waals surface area contributed by atoms with Crippen LogP contribution in [0, 0.1) is 0 Å². The molecule has 1 aromatic heterocycles. The maximum atomic E-state index is 12.1. The summed E-state index contributed by atoms with van der Waals surface area (Å²) in [6.07, 6.45) is 3.57. The summed E-state index contributed by atoms with van der Waals surface area (Å²) in [4.78, 5) is 28.1. The number of benzene rings is 2. The zero-order valence-electron chi connectivity index (χ0n) is 14.9. The first-order valence-electron chi connectivity index (χ1n) is 8.55. The lowest BCUT2D eigenvalue weighted by atomic mass is 10.1. The number of ether oxygens (including phenoxy) is 1. The summed E-state index contributed by atoms with van der Waals surface area (Å²) < 4.78 is 5.65. The van der Waals surface area contributed by atoms with Gasteiger partial charge in [-0.1, -0.05) is 29.8 Å². The van der Waals surface area contributed by atoms with Gasteiger partial charge in [0.05, 0.1) is 6.42 Å². The number of hydrogen-bond acceptors (Lipinski definition) is 4. The Labute approximate surface area is 167 Å². The highest BCUT2D eigenvalue weighted by Gasteiger charge is 2.08. The molecule has 2 aromatic carbocycles. The molecule has 6 nitrogen and oxygen atoms in total. The monoisotopic (exact) mass is 395 g/mol. The van der Waals surface area contributed by atoms with Crippen LogP contribution in [0.25, 0.3) is 0 Å². The zero-order valence-corrected chi connectivity index (χ0v) is 15.6. The molecule has 2 amide bonds. The number of halogens is 1. The van der Waals surface area contributed by atoms with Gasteiger partial charge in [0.2, 0.25) is 5.91 Å². The van der Waals surface area contributed by atoms with Gasteiger partial charge in [0, 0.05) is 28.5 Å². The fraction of sp³-hybridized carbons (Fsp3) is 0.0952. The smallest absolute Gasteiger partial charge is 0.269 e. The summed E-state index contributed by atoms with van der Waals surface area (Å²) in [5, 5.41) is 0.602. The highest BCUT2D eigenvalue weighted by Crippen LogP contribution is 2.14. The second kappa shape index (κ2) is 9.53. The first-order valence-corrected chi connectivity index (χ1v) is 8.93. The molecule has 0 spiro atoms. The predicted molar refractivity (Wildman–Crippen MR) is 106 cm³/mol. The number of rotatable bonds is 6. The van der Waals surface area contributed by atoms with Gasteiger partial charge in [-0.15, -0.1) is 0 Å². The van der Waals surface area contributed by atoms with Crippen LogP contribution in [0.15, 0.2) is 73.1 Å². The fourth-order valence-electron chi connectivity index (χ4n) is 2.38. The van der Waals surface area contributed by atoms with Gasteiger partial charge in [0.1, 0.15) is 12.4 Å². The third-order valence-corrected chi connectivity index (χ3v) is 4.09. The molecular weight excluding hydrogens is 378 g/mol. The van der Waals surface area contributed by atoms with E-state index in [4.69, 9.17) is 16.3 Å². The van der Waals surface area contributed by atoms with Crippen molar-refractivity contribution in [1.29, 1.82) is 0 Å². The standard InChI is InChI=1S/C21H18ClN3O3/c22-18-7-3-15(4-8-18)12-20(26)24-25-21(27)17-5-9-19(10-6-17)28-14-16-2-1-11-23-13-16/h1-11,13H,12,14H2,(H,24,26)(H,25,27). The van der Waals surface area contributed by atoms with Gasteiger partial charge < -0.3 is 4.74 Å². The molecule has 0 atom stereocenters. The number of nitrogens with one attached hydrogen (secondary N) is 2. The van der Waals surface area contributed by atoms with Crippen LogP contribution in [0.3, 0.4) is 0 Å². The molecule has 28 heavy (non-hydrogen) atoms. The van der Waals surface area contributed by atoms with Gasteiger partial charge in [0.15, 0.2) is 0 Å². The average Bonchev–Trinajstić information content (AvgIpc) is 2.73. The number of pyridine rings is 1. The average molecular weight is 396 g/mol. The summed E-state index contributed by atoms with van der Waals surface area (Å²) in [7, 11) is 0. The summed E-state index contributed by atoms with van der Waals surface area (Å²) in [6.45, 7) is 0.389. The van der Waals surface area contributed by atoms with Crippen molar-refractivity contribution in [3.8, 4) is 5.75 Å². The number of carbonyl (C=O) groups is 2. The number of aromatic nitrogens is 1. The van der Waals surface area contributed by atoms with Crippen molar-refractivity contribution in [3.05, 3.63) is 94.8 Å². The number of hydrogen-bond donors (Lipinski definition) is 2. The lowest BCUT2D eigenvalue weighted by Gasteiger charge is -2.09. The minimum absolute atomic E-state index is 0.137. The van der Waals surface area contributed by atoms with E-state index in [-0.39, 0.29) is 12.3 Å². The summed E-state index contributed by atoms with van der Waals surface area (Å²) in [5.74, 6) is -0.109. The Bertz CT molecular complexity index is 929. The Morgan fingerprint density at radius 3 is 2.36 bits per heavy atom. The van der Waals surface area contributed by atoms with Crippen molar-refractivity contribution in [1.82, 2.24) is 15.8 Å². The van der Waals surface area contributed by atoms with E-state index in [1.165, 1.54) is 0 Å². The molecule has 0 saturated heterocycles. The van der Waals surface area contributed by atoms with E-state index in [1.54, 1.807) is 60.9 Å². The molecule has 7 heteroatoms. The Morgan fingerprint density at radius 1 is 0.929 bits per heavy atom. The normalized spacial score (nSPS) is 10.2. The van der Waals surface area contributed by atoms with Crippen LogP contribution in [0.2, 0.25) is 5.02 Å². The lowest BCUT2D eigenvalue weighted by molar-refractivity contribution is -0.121. The molecule has 2 N–H and O–H groups in total. The zero-order chi connectivity index (χ0) is 19.8. The van der Waals surface area contributed by atoms with Crippen molar-refractivity contribution in [2.45, 2.75) is 13.0 Å². The van der Waals surface area contributed by atoms with Crippen molar-refractivity contribution < 1.29 is 14.3 Å². The van der Waals surface area contributed by atoms with Crippen LogP contribution in [-0.2, 0) is 17.8 Å². The third-order valence-electron chi connectivity index (χ3n) is 3.84. The van der Waals surface area contributed by atoms with Crippen LogP contribution in [0.5, 0.6) is 5.75 Å². The molecule has 0 aliphatic carbocycles. The minimum atomic E-state index is -0.414. The number of hydrazine groups is 1. The van der Waals surface area contributed by atoms with E-state index >= 15 is 0 Å². The van der Waals surface area contributed by atoms with Gasteiger partial charge in [-0.2, -0.15) is 0 Å². The topological polar surface area (TPSA) is 80.3 Å². The number of amides is 2. The Hall–Kier alpha value is -3.38. The van der Waals surface area contributed by atoms with E-state index < -0.39 is 5.91 Å². The van der Waals surface area contributed by atoms with Gasteiger partial charge in [-0.05, 0) is 48.0 Å². The Kier molecular flexibility index (Phi) is 6.59. The first kappa shape index (κ1) is 19.4. The molecule has 0 saturated carbocycles. The van der Waals surface area contributed by atoms with Gasteiger partial charge >= 0.3 is 0 Å². The fourth-order valence-corrected chi connectivity index (χ4v) is 2.51. The molecule has 0 aliphatic rings. The van der Waals surface area contributed by atoms with Gasteiger partial charge in [-0.25, -0.2) is 0 Å². The number of nitrogens with zero attached hydrogens (tertiary/aromatic N) is 1. The quantitative estimate of drug-likeness (QED) is 0.627. The minimum Gasteiger partial charge on any atom is -0.489 e. The molecule has 0 fully saturated rings. The molecule has 1 heterocycles. The third kappa shape index (κ3) is 5.82. The molecule has 0 radical (unpaired) electrons. The van der Waals surface area contributed by atoms with E-state index in [0.717, 1.165) is 11.1 Å². The van der Waals surface area contributed by atoms with Crippen molar-refractivity contribution in [2.24, 2.45) is 0 Å². The summed E-state index contributed by atoms with van der Waals surface area (Å²) in [6, 6.07) is 17.3. The van der Waals surface area contributed by atoms with Gasteiger partial charge in [-0.3, -0.25) is 25.4 Å². The Morgan fingerprint density at radius 2 is 1.68 bits per heavy atom. The highest BCUT2D eigenvalue weighted by molar-refractivity contribution is 6.30. The van der Waals surface area contributed by atoms with Crippen LogP contribution in [-0.4, -0.2) is 16.8 Å². The van der Waals surface area contributed by atoms with E-state index in [2.05, 4.69) is 15.8 Å². The molecule has 0 bridgehead atoms. The van der Waals surface area contributed by atoms with Crippen LogP contribution < -0.4 is 15.6 Å². The molecular formula is C21H18ClN3O3. The van der Waals surface area contributed by atoms with Crippen LogP contribution >= 0.6 is 11.6 Å². The molecule has 0 unspecified atom stereocenters. The molecule has 3 rings (SSSR count). The maximum absolute atomic E-state index is 12.1. The summed E-state index contributed by atoms with van der Waals surface area (Å²) in [5.41, 5.74) is 6.94. The van der Waals surface area contributed by atoms with Crippen molar-refractivity contribution in [3.63, 3.8) is 0 Å². The Balaban J connectivity index is 1.46. The van der Waals surface area contributed by atoms with E-state index in [9.17, 15) is 9.59 Å². The summed E-state index contributed by atoms with van der Waals surface area (Å²) >= 11 is 5.81. The van der Waals surface area contributed by atoms with E-state index in [1.807, 2.05) is 12.1 Å². The van der Waals surface area contributed by atoms with Crippen molar-refractivity contribution >= 4 is 23.4 Å². The SMILES string of the molecule is O=C(Cc1ccc(Cl)cc1)NNC(=O)c1ccc(OCc2cccnc2)cc1. The van der Waals surface area contributed by atoms with Gasteiger partial charge in [0.25, 0.3) is 5.91 Å². The molecule has 3 aromatic rings. The van der Waals surface area contributed by atoms with E-state index in [0.29, 0.717) is 22.9 Å². The van der Waals surface area contributed by atoms with Crippen molar-refractivity contribution in [2.75, 3.05) is 0 Å². The molecule has 0 aliphatic heterocycles. The number of carbonyl (C=O) groups excluding carboxylic acids is 2. The maximum Gasteiger partial charge on any atom is 0.269 e. The van der Waals surface area contributed by atoms with Crippen LogP contribution in [0.1, 0.15) is 21.5 Å². The lowest BCUT2D eigenvalue weighted by Crippen LogP contribution is -2.42. The predicted octanol–water partition coefficient (Wildman–Crippen LogP) is 3.32.